The predicted octanol–water partition coefficient (Wildman–Crippen LogP) is 10.7. The van der Waals surface area contributed by atoms with E-state index in [9.17, 15) is 22.0 Å². The second kappa shape index (κ2) is 11.7. The molecule has 0 aliphatic heterocycles. The van der Waals surface area contributed by atoms with Crippen LogP contribution in [0.2, 0.25) is 0 Å². The van der Waals surface area contributed by atoms with E-state index in [0.29, 0.717) is 18.7 Å². The Bertz CT molecular complexity index is 1790. The van der Waals surface area contributed by atoms with Gasteiger partial charge < -0.3 is 5.32 Å². The minimum Gasteiger partial charge on any atom is -0.373 e. The largest absolute Gasteiger partial charge is 0.416 e. The average molecular weight is 597 g/mol. The maximum atomic E-state index is 14.4. The normalized spacial score (nSPS) is 13.8. The summed E-state index contributed by atoms with van der Waals surface area (Å²) in [5, 5.41) is 3.18. The number of nitrogens with one attached hydrogen (secondary N) is 1. The number of hydrogen-bond donors (Lipinski definition) is 1. The molecule has 1 aromatic heterocycles. The number of rotatable bonds is 7. The zero-order valence-corrected chi connectivity index (χ0v) is 23.9. The first-order valence-electron chi connectivity index (χ1n) is 14.4. The molecule has 0 amide bonds. The molecule has 1 aliphatic carbocycles. The summed E-state index contributed by atoms with van der Waals surface area (Å²) in [7, 11) is 0. The van der Waals surface area contributed by atoms with Crippen LogP contribution in [-0.4, -0.2) is 4.98 Å². The summed E-state index contributed by atoms with van der Waals surface area (Å²) in [6.07, 6.45) is 1.21. The van der Waals surface area contributed by atoms with Crippen molar-refractivity contribution in [1.82, 2.24) is 4.98 Å². The molecule has 1 N–H and O–H groups in total. The van der Waals surface area contributed by atoms with Crippen molar-refractivity contribution < 1.29 is 22.0 Å². The summed E-state index contributed by atoms with van der Waals surface area (Å²) >= 11 is 0. The summed E-state index contributed by atoms with van der Waals surface area (Å²) in [4.78, 5) is 5.04. The highest BCUT2D eigenvalue weighted by atomic mass is 19.4. The minimum absolute atomic E-state index is 0.0846. The van der Waals surface area contributed by atoms with E-state index in [0.717, 1.165) is 58.5 Å². The zero-order valence-electron chi connectivity index (χ0n) is 23.9. The fraction of sp³-hybridized carbons (Fsp3) is 0.162. The number of benzene rings is 4. The van der Waals surface area contributed by atoms with Gasteiger partial charge in [0.1, 0.15) is 0 Å². The molecule has 1 heterocycles. The Morgan fingerprint density at radius 3 is 2.20 bits per heavy atom. The Morgan fingerprint density at radius 2 is 1.43 bits per heavy atom. The maximum Gasteiger partial charge on any atom is 0.416 e. The summed E-state index contributed by atoms with van der Waals surface area (Å²) in [6.45, 7) is 0.592. The molecule has 6 rings (SSSR count). The van der Waals surface area contributed by atoms with Gasteiger partial charge in [0.25, 0.3) is 5.92 Å². The molecule has 0 spiro atoms. The van der Waals surface area contributed by atoms with Crippen LogP contribution < -0.4 is 5.32 Å². The first-order valence-corrected chi connectivity index (χ1v) is 14.4. The first kappa shape index (κ1) is 29.3. The van der Waals surface area contributed by atoms with Gasteiger partial charge in [0.2, 0.25) is 0 Å². The highest BCUT2D eigenvalue weighted by Crippen LogP contribution is 2.40. The van der Waals surface area contributed by atoms with Crippen molar-refractivity contribution >= 4 is 11.8 Å². The summed E-state index contributed by atoms with van der Waals surface area (Å²) in [5.74, 6) is -3.48. The van der Waals surface area contributed by atoms with E-state index in [4.69, 9.17) is 4.98 Å². The van der Waals surface area contributed by atoms with Crippen LogP contribution in [0.1, 0.15) is 52.9 Å². The van der Waals surface area contributed by atoms with Crippen LogP contribution in [0.3, 0.4) is 0 Å². The monoisotopic (exact) mass is 596 g/mol. The third kappa shape index (κ3) is 6.13. The van der Waals surface area contributed by atoms with Gasteiger partial charge in [-0.25, -0.2) is 8.78 Å². The second-order valence-electron chi connectivity index (χ2n) is 11.0. The molecule has 0 saturated carbocycles. The average Bonchev–Trinajstić information content (AvgIpc) is 3.03. The Balaban J connectivity index is 1.53. The van der Waals surface area contributed by atoms with Crippen molar-refractivity contribution in [2.24, 2.45) is 0 Å². The molecule has 222 valence electrons. The van der Waals surface area contributed by atoms with E-state index in [1.54, 1.807) is 6.07 Å². The topological polar surface area (TPSA) is 24.9 Å². The van der Waals surface area contributed by atoms with Crippen LogP contribution in [0.15, 0.2) is 115 Å². The van der Waals surface area contributed by atoms with E-state index in [1.807, 2.05) is 78.9 Å². The Labute approximate surface area is 252 Å². The molecule has 0 saturated heterocycles. The fourth-order valence-corrected chi connectivity index (χ4v) is 5.72. The lowest BCUT2D eigenvalue weighted by Gasteiger charge is -2.25. The molecule has 5 aromatic rings. The van der Waals surface area contributed by atoms with Crippen molar-refractivity contribution in [3.8, 4) is 22.4 Å². The molecule has 44 heavy (non-hydrogen) atoms. The predicted molar refractivity (Wildman–Crippen MR) is 165 cm³/mol. The second-order valence-corrected chi connectivity index (χ2v) is 11.0. The fourth-order valence-electron chi connectivity index (χ4n) is 5.72. The van der Waals surface area contributed by atoms with E-state index in [2.05, 4.69) is 23.5 Å². The number of hydrogen-bond acceptors (Lipinski definition) is 2. The summed E-state index contributed by atoms with van der Waals surface area (Å²) in [6, 6.07) is 30.5. The smallest absolute Gasteiger partial charge is 0.373 e. The van der Waals surface area contributed by atoms with Gasteiger partial charge in [-0.05, 0) is 71.0 Å². The molecule has 4 aromatic carbocycles. The molecule has 0 fully saturated rings. The van der Waals surface area contributed by atoms with Gasteiger partial charge in [0.05, 0.1) is 23.0 Å². The van der Waals surface area contributed by atoms with Crippen molar-refractivity contribution in [1.29, 1.82) is 0 Å². The molecule has 7 heteroatoms. The molecule has 1 unspecified atom stereocenters. The molecular formula is C37H29F5N2. The van der Waals surface area contributed by atoms with Gasteiger partial charge in [0, 0.05) is 23.7 Å². The number of nitrogens with zero attached hydrogens (tertiary/aromatic N) is 1. The van der Waals surface area contributed by atoms with Gasteiger partial charge >= 0.3 is 6.18 Å². The number of allylic oxidation sites excluding steroid dienone is 1. The number of alkyl halides is 5. The molecule has 1 aliphatic rings. The lowest BCUT2D eigenvalue weighted by molar-refractivity contribution is -0.137. The van der Waals surface area contributed by atoms with Crippen molar-refractivity contribution in [3.63, 3.8) is 0 Å². The van der Waals surface area contributed by atoms with Crippen molar-refractivity contribution in [2.75, 3.05) is 5.32 Å². The van der Waals surface area contributed by atoms with Crippen LogP contribution in [-0.2, 0) is 18.5 Å². The van der Waals surface area contributed by atoms with Crippen LogP contribution in [0, 0.1) is 0 Å². The van der Waals surface area contributed by atoms with E-state index < -0.39 is 29.3 Å². The lowest BCUT2D eigenvalue weighted by Crippen LogP contribution is -2.18. The van der Waals surface area contributed by atoms with Gasteiger partial charge in [-0.1, -0.05) is 91.0 Å². The van der Waals surface area contributed by atoms with Crippen molar-refractivity contribution in [3.05, 3.63) is 149 Å². The van der Waals surface area contributed by atoms with Crippen LogP contribution in [0.4, 0.5) is 27.6 Å². The Hall–Kier alpha value is -4.78. The van der Waals surface area contributed by atoms with Gasteiger partial charge in [-0.15, -0.1) is 0 Å². The third-order valence-corrected chi connectivity index (χ3v) is 7.85. The number of fused-ring (bicyclic) bond motifs is 1. The summed E-state index contributed by atoms with van der Waals surface area (Å²) in [5.41, 5.74) is 5.07. The van der Waals surface area contributed by atoms with Gasteiger partial charge in [-0.3, -0.25) is 4.98 Å². The van der Waals surface area contributed by atoms with Crippen molar-refractivity contribution in [2.45, 2.75) is 37.9 Å². The van der Waals surface area contributed by atoms with E-state index in [1.165, 1.54) is 5.56 Å². The number of pyridine rings is 1. The Morgan fingerprint density at radius 1 is 0.727 bits per heavy atom. The third-order valence-electron chi connectivity index (χ3n) is 7.85. The SMILES string of the molecule is CC(F)(F)c1cc(NC(c2cccc(-c3cccc4c3CCC=C4)n2)c2ccccc2-c2ccccc2)cc(C(F)(F)F)c1. The van der Waals surface area contributed by atoms with Crippen LogP contribution in [0.5, 0.6) is 0 Å². The van der Waals surface area contributed by atoms with Gasteiger partial charge in [0.15, 0.2) is 0 Å². The Kier molecular flexibility index (Phi) is 7.80. The summed E-state index contributed by atoms with van der Waals surface area (Å²) < 4.78 is 70.6. The minimum atomic E-state index is -4.81. The highest BCUT2D eigenvalue weighted by Gasteiger charge is 2.35. The molecule has 0 radical (unpaired) electrons. The van der Waals surface area contributed by atoms with E-state index >= 15 is 0 Å². The lowest BCUT2D eigenvalue weighted by atomic mass is 9.90. The molecule has 0 bridgehead atoms. The standard InChI is InChI=1S/C37H29F5N2/c1-36(38,39)26-21-27(37(40,41)42)23-28(22-26)43-35(32-17-8-7-16-30(32)24-11-3-2-4-12-24)34-20-10-19-33(44-34)31-18-9-14-25-13-5-6-15-29(25)31/h2-5,7-14,16-23,35,43H,6,15H2,1H3. The van der Waals surface area contributed by atoms with Gasteiger partial charge in [-0.2, -0.15) is 13.2 Å². The molecular weight excluding hydrogens is 567 g/mol. The zero-order chi connectivity index (χ0) is 30.9. The number of aromatic nitrogens is 1. The molecule has 1 atom stereocenters. The van der Waals surface area contributed by atoms with E-state index in [-0.39, 0.29) is 5.69 Å². The quantitative estimate of drug-likeness (QED) is 0.189. The maximum absolute atomic E-state index is 14.4. The highest BCUT2D eigenvalue weighted by molar-refractivity contribution is 5.73. The number of anilines is 1. The molecule has 2 nitrogen and oxygen atoms in total. The number of halogens is 5. The van der Waals surface area contributed by atoms with Crippen LogP contribution >= 0.6 is 0 Å². The van der Waals surface area contributed by atoms with Crippen LogP contribution in [0.25, 0.3) is 28.5 Å². The first-order chi connectivity index (χ1) is 21.1.